The summed E-state index contributed by atoms with van der Waals surface area (Å²) in [4.78, 5) is 0.395. The summed E-state index contributed by atoms with van der Waals surface area (Å²) < 4.78 is 27.7. The molecule has 3 nitrogen and oxygen atoms in total. The number of nitrogens with one attached hydrogen (secondary N) is 1. The second kappa shape index (κ2) is 7.95. The topological polar surface area (TPSA) is 46.2 Å². The van der Waals surface area contributed by atoms with Crippen molar-refractivity contribution in [1.82, 2.24) is 4.72 Å². The molecule has 0 radical (unpaired) electrons. The van der Waals surface area contributed by atoms with Crippen LogP contribution in [-0.2, 0) is 16.4 Å². The van der Waals surface area contributed by atoms with Gasteiger partial charge in [-0.2, -0.15) is 0 Å². The van der Waals surface area contributed by atoms with E-state index in [0.717, 1.165) is 44.9 Å². The highest BCUT2D eigenvalue weighted by Gasteiger charge is 2.20. The van der Waals surface area contributed by atoms with Gasteiger partial charge in [-0.15, -0.1) is 0 Å². The highest BCUT2D eigenvalue weighted by atomic mass is 32.2. The van der Waals surface area contributed by atoms with Crippen LogP contribution in [0.15, 0.2) is 29.2 Å². The van der Waals surface area contributed by atoms with Crippen molar-refractivity contribution >= 4 is 10.0 Å². The number of unbranched alkanes of at least 4 members (excludes halogenated alkanes) is 1. The van der Waals surface area contributed by atoms with E-state index in [9.17, 15) is 8.42 Å². The minimum absolute atomic E-state index is 0.109. The van der Waals surface area contributed by atoms with Gasteiger partial charge in [0.1, 0.15) is 0 Å². The van der Waals surface area contributed by atoms with Crippen LogP contribution in [0, 0.1) is 0 Å². The molecule has 0 bridgehead atoms. The Hall–Kier alpha value is -0.870. The zero-order chi connectivity index (χ0) is 15.1. The average molecular weight is 309 g/mol. The lowest BCUT2D eigenvalue weighted by molar-refractivity contribution is 0.510. The van der Waals surface area contributed by atoms with Gasteiger partial charge in [-0.1, -0.05) is 51.2 Å². The fourth-order valence-electron chi connectivity index (χ4n) is 2.90. The van der Waals surface area contributed by atoms with Crippen molar-refractivity contribution in [2.45, 2.75) is 75.6 Å². The molecule has 0 atom stereocenters. The molecule has 118 valence electrons. The van der Waals surface area contributed by atoms with Gasteiger partial charge in [-0.05, 0) is 43.4 Å². The van der Waals surface area contributed by atoms with Crippen molar-refractivity contribution in [1.29, 1.82) is 0 Å². The Morgan fingerprint density at radius 2 is 1.67 bits per heavy atom. The minimum atomic E-state index is -3.36. The molecule has 0 heterocycles. The van der Waals surface area contributed by atoms with Crippen molar-refractivity contribution in [2.75, 3.05) is 0 Å². The molecule has 4 heteroatoms. The molecule has 0 amide bonds. The van der Waals surface area contributed by atoms with Crippen molar-refractivity contribution in [2.24, 2.45) is 0 Å². The molecule has 0 spiro atoms. The third-order valence-electron chi connectivity index (χ3n) is 4.23. The van der Waals surface area contributed by atoms with Crippen LogP contribution < -0.4 is 4.72 Å². The zero-order valence-electron chi connectivity index (χ0n) is 13.0. The summed E-state index contributed by atoms with van der Waals surface area (Å²) in [6.07, 6.45) is 9.96. The first-order valence-electron chi connectivity index (χ1n) is 8.23. The second-order valence-corrected chi connectivity index (χ2v) is 7.77. The van der Waals surface area contributed by atoms with Crippen molar-refractivity contribution in [3.8, 4) is 0 Å². The number of aryl methyl sites for hydroxylation is 1. The van der Waals surface area contributed by atoms with Crippen molar-refractivity contribution in [3.05, 3.63) is 29.8 Å². The van der Waals surface area contributed by atoms with Crippen LogP contribution in [0.3, 0.4) is 0 Å². The van der Waals surface area contributed by atoms with Gasteiger partial charge in [0.25, 0.3) is 0 Å². The maximum Gasteiger partial charge on any atom is 0.240 e. The van der Waals surface area contributed by atoms with E-state index >= 15 is 0 Å². The minimum Gasteiger partial charge on any atom is -0.208 e. The van der Waals surface area contributed by atoms with Crippen molar-refractivity contribution < 1.29 is 8.42 Å². The average Bonchev–Trinajstić information content (AvgIpc) is 2.73. The first kappa shape index (κ1) is 16.5. The van der Waals surface area contributed by atoms with E-state index in [-0.39, 0.29) is 6.04 Å². The lowest BCUT2D eigenvalue weighted by Crippen LogP contribution is -2.34. The summed E-state index contributed by atoms with van der Waals surface area (Å²) in [5, 5.41) is 0. The summed E-state index contributed by atoms with van der Waals surface area (Å²) in [7, 11) is -3.36. The Balaban J connectivity index is 2.01. The SMILES string of the molecule is CCCCc1ccc(S(=O)(=O)NC2CCCCCC2)cc1. The Labute approximate surface area is 129 Å². The molecule has 2 rings (SSSR count). The molecule has 1 N–H and O–H groups in total. The van der Waals surface area contributed by atoms with Crippen LogP contribution in [0.25, 0.3) is 0 Å². The predicted molar refractivity (Wildman–Crippen MR) is 86.9 cm³/mol. The molecule has 0 aliphatic heterocycles. The third-order valence-corrected chi connectivity index (χ3v) is 5.77. The summed E-state index contributed by atoms with van der Waals surface area (Å²) in [5.41, 5.74) is 1.21. The first-order valence-corrected chi connectivity index (χ1v) is 9.71. The number of hydrogen-bond acceptors (Lipinski definition) is 2. The highest BCUT2D eigenvalue weighted by molar-refractivity contribution is 7.89. The first-order chi connectivity index (χ1) is 10.1. The lowest BCUT2D eigenvalue weighted by atomic mass is 10.1. The van der Waals surface area contributed by atoms with Crippen LogP contribution >= 0.6 is 0 Å². The van der Waals surface area contributed by atoms with E-state index in [1.807, 2.05) is 12.1 Å². The van der Waals surface area contributed by atoms with Gasteiger partial charge in [0.2, 0.25) is 10.0 Å². The molecule has 1 saturated carbocycles. The van der Waals surface area contributed by atoms with Crippen LogP contribution in [0.1, 0.15) is 63.9 Å². The van der Waals surface area contributed by atoms with Gasteiger partial charge in [0.15, 0.2) is 0 Å². The molecule has 0 saturated heterocycles. The molecule has 1 aliphatic carbocycles. The van der Waals surface area contributed by atoms with Gasteiger partial charge in [0.05, 0.1) is 4.90 Å². The van der Waals surface area contributed by atoms with E-state index in [4.69, 9.17) is 0 Å². The highest BCUT2D eigenvalue weighted by Crippen LogP contribution is 2.20. The Bertz CT molecular complexity index is 514. The molecule has 1 fully saturated rings. The quantitative estimate of drug-likeness (QED) is 0.806. The van der Waals surface area contributed by atoms with E-state index in [1.165, 1.54) is 18.4 Å². The van der Waals surface area contributed by atoms with Gasteiger partial charge in [-0.25, -0.2) is 13.1 Å². The normalized spacial score (nSPS) is 17.6. The number of rotatable bonds is 6. The molecule has 1 aliphatic rings. The van der Waals surface area contributed by atoms with E-state index in [0.29, 0.717) is 4.90 Å². The standard InChI is InChI=1S/C17H27NO2S/c1-2-3-8-15-11-13-17(14-12-15)21(19,20)18-16-9-6-4-5-7-10-16/h11-14,16,18H,2-10H2,1H3. The maximum absolute atomic E-state index is 12.4. The largest absolute Gasteiger partial charge is 0.240 e. The van der Waals surface area contributed by atoms with E-state index < -0.39 is 10.0 Å². The lowest BCUT2D eigenvalue weighted by Gasteiger charge is -2.16. The van der Waals surface area contributed by atoms with E-state index in [1.54, 1.807) is 12.1 Å². The molecular weight excluding hydrogens is 282 g/mol. The van der Waals surface area contributed by atoms with Gasteiger partial charge < -0.3 is 0 Å². The molecule has 0 aromatic heterocycles. The summed E-state index contributed by atoms with van der Waals surface area (Å²) in [6, 6.07) is 7.47. The monoisotopic (exact) mass is 309 g/mol. The molecule has 1 aromatic rings. The van der Waals surface area contributed by atoms with Crippen molar-refractivity contribution in [3.63, 3.8) is 0 Å². The van der Waals surface area contributed by atoms with Gasteiger partial charge in [-0.3, -0.25) is 0 Å². The van der Waals surface area contributed by atoms with Crippen LogP contribution in [0.5, 0.6) is 0 Å². The maximum atomic E-state index is 12.4. The molecule has 1 aromatic carbocycles. The fraction of sp³-hybridized carbons (Fsp3) is 0.647. The summed E-state index contributed by atoms with van der Waals surface area (Å²) in [5.74, 6) is 0. The summed E-state index contributed by atoms with van der Waals surface area (Å²) >= 11 is 0. The Kier molecular flexibility index (Phi) is 6.24. The second-order valence-electron chi connectivity index (χ2n) is 6.06. The predicted octanol–water partition coefficient (Wildman–Crippen LogP) is 4.03. The number of hydrogen-bond donors (Lipinski definition) is 1. The fourth-order valence-corrected chi connectivity index (χ4v) is 4.21. The number of sulfonamides is 1. The Morgan fingerprint density at radius 3 is 2.24 bits per heavy atom. The van der Waals surface area contributed by atoms with Gasteiger partial charge in [0, 0.05) is 6.04 Å². The zero-order valence-corrected chi connectivity index (χ0v) is 13.8. The van der Waals surface area contributed by atoms with Crippen LogP contribution in [-0.4, -0.2) is 14.5 Å². The van der Waals surface area contributed by atoms with E-state index in [2.05, 4.69) is 11.6 Å². The molecular formula is C17H27NO2S. The summed E-state index contributed by atoms with van der Waals surface area (Å²) in [6.45, 7) is 2.16. The molecule has 0 unspecified atom stereocenters. The third kappa shape index (κ3) is 5.11. The van der Waals surface area contributed by atoms with Crippen LogP contribution in [0.4, 0.5) is 0 Å². The van der Waals surface area contributed by atoms with Gasteiger partial charge >= 0.3 is 0 Å². The smallest absolute Gasteiger partial charge is 0.208 e. The molecule has 21 heavy (non-hydrogen) atoms. The van der Waals surface area contributed by atoms with Crippen LogP contribution in [0.2, 0.25) is 0 Å². The Morgan fingerprint density at radius 1 is 1.05 bits per heavy atom. The number of benzene rings is 1.